The third-order valence-corrected chi connectivity index (χ3v) is 8.35. The number of aliphatic imine (C=N–C) groups is 1. The minimum Gasteiger partial charge on any atom is -0.497 e. The van der Waals surface area contributed by atoms with E-state index in [-0.39, 0.29) is 6.61 Å². The third kappa shape index (κ3) is 10.2. The Hall–Kier alpha value is -4.63. The largest absolute Gasteiger partial charge is 0.497 e. The van der Waals surface area contributed by atoms with Gasteiger partial charge in [0.05, 0.1) is 40.1 Å². The van der Waals surface area contributed by atoms with Crippen LogP contribution in [0, 0.1) is 0 Å². The van der Waals surface area contributed by atoms with E-state index < -0.39 is 30.6 Å². The van der Waals surface area contributed by atoms with Crippen molar-refractivity contribution in [1.29, 1.82) is 0 Å². The van der Waals surface area contributed by atoms with Crippen LogP contribution in [0.2, 0.25) is 0 Å². The lowest BCUT2D eigenvalue weighted by Crippen LogP contribution is -2.60. The van der Waals surface area contributed by atoms with Gasteiger partial charge >= 0.3 is 0 Å². The normalized spacial score (nSPS) is 20.7. The van der Waals surface area contributed by atoms with Gasteiger partial charge in [-0.15, -0.1) is 0 Å². The van der Waals surface area contributed by atoms with Gasteiger partial charge in [0.25, 0.3) is 0 Å². The number of benzene rings is 5. The maximum Gasteiger partial charge on any atom is 0.183 e. The van der Waals surface area contributed by atoms with Crippen LogP contribution >= 0.6 is 0 Å². The molecule has 49 heavy (non-hydrogen) atoms. The van der Waals surface area contributed by atoms with Crippen molar-refractivity contribution in [3.63, 3.8) is 0 Å². The molecule has 7 nitrogen and oxygen atoms in total. The molecule has 5 aromatic carbocycles. The van der Waals surface area contributed by atoms with E-state index in [1.807, 2.05) is 128 Å². The zero-order chi connectivity index (χ0) is 33.5. The minimum atomic E-state index is -0.739. The van der Waals surface area contributed by atoms with Gasteiger partial charge in [-0.2, -0.15) is 0 Å². The standard InChI is InChI=1S/C42H43NO6/c1-44-37-24-22-32(23-25-37)26-43-39-41(47-29-35-18-10-4-11-19-35)40(46-28-34-16-8-3-9-17-34)38(31-45-27-33-14-6-2-7-15-33)49-42(39)48-30-36-20-12-5-13-21-36/h2-26,38-42H,27-31H2,1H3/t38-,39-,40-,41-,42?/m1/s1. The fourth-order valence-electron chi connectivity index (χ4n) is 5.73. The highest BCUT2D eigenvalue weighted by atomic mass is 16.7. The van der Waals surface area contributed by atoms with Gasteiger partial charge < -0.3 is 28.4 Å². The van der Waals surface area contributed by atoms with Crippen molar-refractivity contribution in [1.82, 2.24) is 0 Å². The molecule has 0 radical (unpaired) electrons. The Morgan fingerprint density at radius 1 is 0.551 bits per heavy atom. The van der Waals surface area contributed by atoms with Crippen LogP contribution in [0.25, 0.3) is 0 Å². The van der Waals surface area contributed by atoms with Gasteiger partial charge in [-0.1, -0.05) is 121 Å². The SMILES string of the molecule is COc1ccc(C=N[C@H]2C(OCc3ccccc3)O[C@H](COCc3ccccc3)[C@@H](OCc3ccccc3)[C@@H]2OCc2ccccc2)cc1. The molecular weight excluding hydrogens is 614 g/mol. The predicted octanol–water partition coefficient (Wildman–Crippen LogP) is 7.81. The first kappa shape index (κ1) is 34.2. The summed E-state index contributed by atoms with van der Waals surface area (Å²) in [5.74, 6) is 0.777. The number of ether oxygens (including phenoxy) is 6. The van der Waals surface area contributed by atoms with Crippen molar-refractivity contribution in [3.05, 3.63) is 173 Å². The van der Waals surface area contributed by atoms with Crippen LogP contribution in [0.3, 0.4) is 0 Å². The maximum absolute atomic E-state index is 6.81. The van der Waals surface area contributed by atoms with Gasteiger partial charge in [-0.3, -0.25) is 4.99 Å². The fraction of sp³-hybridized carbons (Fsp3) is 0.262. The zero-order valence-corrected chi connectivity index (χ0v) is 27.8. The van der Waals surface area contributed by atoms with Crippen LogP contribution in [-0.4, -0.2) is 50.6 Å². The van der Waals surface area contributed by atoms with E-state index in [0.717, 1.165) is 33.6 Å². The van der Waals surface area contributed by atoms with Crippen LogP contribution in [-0.2, 0) is 50.1 Å². The molecule has 252 valence electrons. The summed E-state index contributed by atoms with van der Waals surface area (Å²) >= 11 is 0. The average molecular weight is 658 g/mol. The summed E-state index contributed by atoms with van der Waals surface area (Å²) in [7, 11) is 1.65. The van der Waals surface area contributed by atoms with E-state index in [1.54, 1.807) is 7.11 Å². The first-order valence-corrected chi connectivity index (χ1v) is 16.7. The highest BCUT2D eigenvalue weighted by molar-refractivity contribution is 5.80. The molecule has 0 amide bonds. The van der Waals surface area contributed by atoms with Gasteiger partial charge in [0.2, 0.25) is 0 Å². The number of methoxy groups -OCH3 is 1. The lowest BCUT2D eigenvalue weighted by atomic mass is 9.96. The summed E-state index contributed by atoms with van der Waals surface area (Å²) in [6.07, 6.45) is -0.447. The van der Waals surface area contributed by atoms with E-state index >= 15 is 0 Å². The fourth-order valence-corrected chi connectivity index (χ4v) is 5.73. The molecule has 1 aliphatic heterocycles. The van der Waals surface area contributed by atoms with Gasteiger partial charge in [0.15, 0.2) is 6.29 Å². The number of hydrogen-bond acceptors (Lipinski definition) is 7. The minimum absolute atomic E-state index is 0.277. The summed E-state index contributed by atoms with van der Waals surface area (Å²) in [6.45, 7) is 1.81. The molecule has 0 N–H and O–H groups in total. The molecule has 0 spiro atoms. The van der Waals surface area contributed by atoms with Crippen molar-refractivity contribution in [3.8, 4) is 5.75 Å². The summed E-state index contributed by atoms with van der Waals surface area (Å²) in [5.41, 5.74) is 5.13. The molecule has 1 saturated heterocycles. The Morgan fingerprint density at radius 2 is 1.02 bits per heavy atom. The van der Waals surface area contributed by atoms with E-state index in [9.17, 15) is 0 Å². The molecule has 6 rings (SSSR count). The second-order valence-electron chi connectivity index (χ2n) is 11.9. The van der Waals surface area contributed by atoms with Gasteiger partial charge in [-0.25, -0.2) is 0 Å². The maximum atomic E-state index is 6.81. The zero-order valence-electron chi connectivity index (χ0n) is 27.8. The molecule has 1 fully saturated rings. The van der Waals surface area contributed by atoms with Crippen LogP contribution in [0.1, 0.15) is 27.8 Å². The lowest BCUT2D eigenvalue weighted by molar-refractivity contribution is -0.288. The van der Waals surface area contributed by atoms with Gasteiger partial charge in [0.1, 0.15) is 30.1 Å². The smallest absolute Gasteiger partial charge is 0.183 e. The molecule has 5 aromatic rings. The summed E-state index contributed by atoms with van der Waals surface area (Å²) < 4.78 is 38.5. The van der Waals surface area contributed by atoms with E-state index in [2.05, 4.69) is 24.3 Å². The second kappa shape index (κ2) is 18.2. The van der Waals surface area contributed by atoms with Crippen molar-refractivity contribution in [2.75, 3.05) is 13.7 Å². The molecule has 0 saturated carbocycles. The van der Waals surface area contributed by atoms with Crippen LogP contribution in [0.4, 0.5) is 0 Å². The molecule has 5 atom stereocenters. The van der Waals surface area contributed by atoms with E-state index in [4.69, 9.17) is 33.4 Å². The second-order valence-corrected chi connectivity index (χ2v) is 11.9. The number of rotatable bonds is 16. The molecule has 7 heteroatoms. The monoisotopic (exact) mass is 657 g/mol. The number of nitrogens with zero attached hydrogens (tertiary/aromatic N) is 1. The van der Waals surface area contributed by atoms with E-state index in [0.29, 0.717) is 26.4 Å². The summed E-state index contributed by atoms with van der Waals surface area (Å²) in [4.78, 5) is 5.10. The van der Waals surface area contributed by atoms with Crippen molar-refractivity contribution in [2.45, 2.75) is 57.1 Å². The molecule has 1 unspecified atom stereocenters. The Bertz CT molecular complexity index is 1670. The average Bonchev–Trinajstić information content (AvgIpc) is 3.17. The van der Waals surface area contributed by atoms with Crippen LogP contribution in [0.5, 0.6) is 5.75 Å². The molecule has 0 bridgehead atoms. The highest BCUT2D eigenvalue weighted by Gasteiger charge is 2.48. The lowest BCUT2D eigenvalue weighted by Gasteiger charge is -2.44. The molecular formula is C42H43NO6. The highest BCUT2D eigenvalue weighted by Crippen LogP contribution is 2.32. The summed E-state index contributed by atoms with van der Waals surface area (Å²) in [6, 6.07) is 47.6. The molecule has 1 heterocycles. The first-order chi connectivity index (χ1) is 24.2. The Balaban J connectivity index is 1.32. The Labute approximate surface area is 289 Å². The number of hydrogen-bond donors (Lipinski definition) is 0. The molecule has 1 aliphatic rings. The third-order valence-electron chi connectivity index (χ3n) is 8.35. The van der Waals surface area contributed by atoms with E-state index in [1.165, 1.54) is 0 Å². The van der Waals surface area contributed by atoms with Crippen molar-refractivity contribution >= 4 is 6.21 Å². The quantitative estimate of drug-likeness (QED) is 0.101. The van der Waals surface area contributed by atoms with Crippen molar-refractivity contribution in [2.24, 2.45) is 4.99 Å². The Kier molecular flexibility index (Phi) is 12.7. The summed E-state index contributed by atoms with van der Waals surface area (Å²) in [5, 5.41) is 0. The van der Waals surface area contributed by atoms with Crippen molar-refractivity contribution < 1.29 is 28.4 Å². The molecule has 0 aliphatic carbocycles. The van der Waals surface area contributed by atoms with Crippen LogP contribution in [0.15, 0.2) is 151 Å². The first-order valence-electron chi connectivity index (χ1n) is 16.7. The van der Waals surface area contributed by atoms with Crippen LogP contribution < -0.4 is 4.74 Å². The van der Waals surface area contributed by atoms with Gasteiger partial charge in [0, 0.05) is 6.21 Å². The predicted molar refractivity (Wildman–Crippen MR) is 190 cm³/mol. The van der Waals surface area contributed by atoms with Gasteiger partial charge in [-0.05, 0) is 52.1 Å². The Morgan fingerprint density at radius 3 is 1.53 bits per heavy atom. The topological polar surface area (TPSA) is 67.7 Å². The molecule has 0 aromatic heterocycles.